The summed E-state index contributed by atoms with van der Waals surface area (Å²) < 4.78 is 17.8. The molecule has 1 aromatic carbocycles. The SMILES string of the molecule is COCc1ccc(OC)c(-n2cnc(CO)c2)c1OC. The number of benzene rings is 1. The molecule has 0 spiro atoms. The Balaban J connectivity index is 2.60. The minimum Gasteiger partial charge on any atom is -0.494 e. The van der Waals surface area contributed by atoms with Gasteiger partial charge in [0, 0.05) is 18.9 Å². The summed E-state index contributed by atoms with van der Waals surface area (Å²) in [6.07, 6.45) is 3.35. The van der Waals surface area contributed by atoms with E-state index in [9.17, 15) is 0 Å². The highest BCUT2D eigenvalue weighted by atomic mass is 16.5. The van der Waals surface area contributed by atoms with Crippen LogP contribution >= 0.6 is 0 Å². The molecule has 20 heavy (non-hydrogen) atoms. The van der Waals surface area contributed by atoms with Gasteiger partial charge in [-0.25, -0.2) is 4.98 Å². The summed E-state index contributed by atoms with van der Waals surface area (Å²) in [5.74, 6) is 1.32. The Morgan fingerprint density at radius 1 is 1.20 bits per heavy atom. The monoisotopic (exact) mass is 278 g/mol. The first-order valence-electron chi connectivity index (χ1n) is 6.12. The third-order valence-electron chi connectivity index (χ3n) is 2.96. The molecular weight excluding hydrogens is 260 g/mol. The Kier molecular flexibility index (Phi) is 4.60. The van der Waals surface area contributed by atoms with Crippen LogP contribution in [0.15, 0.2) is 24.7 Å². The van der Waals surface area contributed by atoms with Crippen molar-refractivity contribution >= 4 is 0 Å². The van der Waals surface area contributed by atoms with Gasteiger partial charge in [0.1, 0.15) is 11.4 Å². The van der Waals surface area contributed by atoms with Gasteiger partial charge in [0.15, 0.2) is 5.75 Å². The number of nitrogens with zero attached hydrogens (tertiary/aromatic N) is 2. The summed E-state index contributed by atoms with van der Waals surface area (Å²) in [7, 11) is 4.82. The van der Waals surface area contributed by atoms with E-state index in [0.717, 1.165) is 11.3 Å². The molecule has 0 amide bonds. The summed E-state index contributed by atoms with van der Waals surface area (Å²) in [4.78, 5) is 4.11. The van der Waals surface area contributed by atoms with Crippen LogP contribution in [0.5, 0.6) is 11.5 Å². The highest BCUT2D eigenvalue weighted by molar-refractivity contribution is 5.61. The van der Waals surface area contributed by atoms with Crippen LogP contribution in [0, 0.1) is 0 Å². The number of imidazole rings is 1. The molecule has 1 heterocycles. The second-order valence-electron chi connectivity index (χ2n) is 4.17. The molecule has 0 aliphatic carbocycles. The first-order chi connectivity index (χ1) is 9.74. The summed E-state index contributed by atoms with van der Waals surface area (Å²) >= 11 is 0. The van der Waals surface area contributed by atoms with Crippen LogP contribution in [-0.2, 0) is 18.0 Å². The summed E-state index contributed by atoms with van der Waals surface area (Å²) in [6, 6.07) is 3.75. The molecule has 0 aliphatic rings. The number of hydrogen-bond donors (Lipinski definition) is 1. The van der Waals surface area contributed by atoms with E-state index in [4.69, 9.17) is 19.3 Å². The molecule has 1 aromatic heterocycles. The molecular formula is C14H18N2O4. The first kappa shape index (κ1) is 14.4. The number of aliphatic hydroxyl groups excluding tert-OH is 1. The van der Waals surface area contributed by atoms with E-state index < -0.39 is 0 Å². The van der Waals surface area contributed by atoms with Gasteiger partial charge < -0.3 is 19.3 Å². The molecule has 2 rings (SSSR count). The summed E-state index contributed by atoms with van der Waals surface area (Å²) in [5.41, 5.74) is 2.22. The smallest absolute Gasteiger partial charge is 0.152 e. The van der Waals surface area contributed by atoms with Crippen LogP contribution in [0.25, 0.3) is 5.69 Å². The van der Waals surface area contributed by atoms with Gasteiger partial charge in [-0.3, -0.25) is 4.57 Å². The van der Waals surface area contributed by atoms with Gasteiger partial charge in [0.2, 0.25) is 0 Å². The van der Waals surface area contributed by atoms with Gasteiger partial charge in [-0.1, -0.05) is 0 Å². The fraction of sp³-hybridized carbons (Fsp3) is 0.357. The Labute approximate surface area is 117 Å². The maximum absolute atomic E-state index is 9.13. The van der Waals surface area contributed by atoms with Crippen molar-refractivity contribution in [3.05, 3.63) is 35.9 Å². The lowest BCUT2D eigenvalue weighted by Crippen LogP contribution is -2.03. The van der Waals surface area contributed by atoms with Crippen LogP contribution in [0.4, 0.5) is 0 Å². The van der Waals surface area contributed by atoms with E-state index in [1.54, 1.807) is 38.4 Å². The first-order valence-corrected chi connectivity index (χ1v) is 6.12. The highest BCUT2D eigenvalue weighted by Gasteiger charge is 2.17. The largest absolute Gasteiger partial charge is 0.494 e. The van der Waals surface area contributed by atoms with Gasteiger partial charge in [0.05, 0.1) is 39.5 Å². The van der Waals surface area contributed by atoms with Gasteiger partial charge in [-0.05, 0) is 12.1 Å². The molecule has 0 unspecified atom stereocenters. The van der Waals surface area contributed by atoms with Crippen LogP contribution in [0.1, 0.15) is 11.3 Å². The molecule has 6 heteroatoms. The van der Waals surface area contributed by atoms with Crippen molar-refractivity contribution in [1.29, 1.82) is 0 Å². The van der Waals surface area contributed by atoms with E-state index in [1.807, 2.05) is 12.1 Å². The Bertz CT molecular complexity index is 581. The van der Waals surface area contributed by atoms with Crippen molar-refractivity contribution in [1.82, 2.24) is 9.55 Å². The maximum atomic E-state index is 9.13. The van der Waals surface area contributed by atoms with Crippen molar-refractivity contribution in [3.8, 4) is 17.2 Å². The predicted octanol–water partition coefficient (Wildman–Crippen LogP) is 1.53. The van der Waals surface area contributed by atoms with Crippen LogP contribution in [0.2, 0.25) is 0 Å². The third-order valence-corrected chi connectivity index (χ3v) is 2.96. The Hall–Kier alpha value is -2.05. The zero-order valence-corrected chi connectivity index (χ0v) is 11.8. The molecule has 0 saturated heterocycles. The number of rotatable bonds is 6. The van der Waals surface area contributed by atoms with Gasteiger partial charge >= 0.3 is 0 Å². The number of aromatic nitrogens is 2. The average molecular weight is 278 g/mol. The van der Waals surface area contributed by atoms with Crippen molar-refractivity contribution in [2.45, 2.75) is 13.2 Å². The molecule has 6 nitrogen and oxygen atoms in total. The third kappa shape index (κ3) is 2.61. The second kappa shape index (κ2) is 6.40. The van der Waals surface area contributed by atoms with E-state index in [-0.39, 0.29) is 6.61 Å². The molecule has 2 aromatic rings. The maximum Gasteiger partial charge on any atom is 0.152 e. The molecule has 0 bridgehead atoms. The highest BCUT2D eigenvalue weighted by Crippen LogP contribution is 2.36. The van der Waals surface area contributed by atoms with E-state index in [0.29, 0.717) is 23.8 Å². The quantitative estimate of drug-likeness (QED) is 0.868. The molecule has 0 aliphatic heterocycles. The van der Waals surface area contributed by atoms with E-state index in [1.165, 1.54) is 0 Å². The van der Waals surface area contributed by atoms with Crippen molar-refractivity contribution in [3.63, 3.8) is 0 Å². The molecule has 0 saturated carbocycles. The minimum absolute atomic E-state index is 0.116. The van der Waals surface area contributed by atoms with Crippen molar-refractivity contribution in [2.75, 3.05) is 21.3 Å². The zero-order chi connectivity index (χ0) is 14.5. The standard InChI is InChI=1S/C14H18N2O4/c1-18-8-10-4-5-12(19-2)13(14(10)20-3)16-6-11(7-17)15-9-16/h4-6,9,17H,7-8H2,1-3H3. The average Bonchev–Trinajstić information content (AvgIpc) is 2.95. The molecule has 1 N–H and O–H groups in total. The zero-order valence-electron chi connectivity index (χ0n) is 11.8. The van der Waals surface area contributed by atoms with Gasteiger partial charge in [-0.2, -0.15) is 0 Å². The predicted molar refractivity (Wildman–Crippen MR) is 73.3 cm³/mol. The second-order valence-corrected chi connectivity index (χ2v) is 4.17. The Morgan fingerprint density at radius 2 is 2.00 bits per heavy atom. The summed E-state index contributed by atoms with van der Waals surface area (Å²) in [6.45, 7) is 0.317. The lowest BCUT2D eigenvalue weighted by atomic mass is 10.1. The summed E-state index contributed by atoms with van der Waals surface area (Å²) in [5, 5.41) is 9.13. The van der Waals surface area contributed by atoms with Gasteiger partial charge in [0.25, 0.3) is 0 Å². The van der Waals surface area contributed by atoms with E-state index in [2.05, 4.69) is 4.98 Å². The molecule has 0 fully saturated rings. The molecule has 108 valence electrons. The molecule has 0 atom stereocenters. The number of aliphatic hydroxyl groups is 1. The number of hydrogen-bond acceptors (Lipinski definition) is 5. The minimum atomic E-state index is -0.116. The van der Waals surface area contributed by atoms with Crippen LogP contribution in [-0.4, -0.2) is 36.0 Å². The van der Waals surface area contributed by atoms with Gasteiger partial charge in [-0.15, -0.1) is 0 Å². The molecule has 0 radical (unpaired) electrons. The number of methoxy groups -OCH3 is 3. The fourth-order valence-electron chi connectivity index (χ4n) is 2.07. The van der Waals surface area contributed by atoms with Crippen molar-refractivity contribution in [2.24, 2.45) is 0 Å². The lowest BCUT2D eigenvalue weighted by molar-refractivity contribution is 0.181. The Morgan fingerprint density at radius 3 is 2.55 bits per heavy atom. The van der Waals surface area contributed by atoms with Crippen LogP contribution in [0.3, 0.4) is 0 Å². The lowest BCUT2D eigenvalue weighted by Gasteiger charge is -2.17. The number of ether oxygens (including phenoxy) is 3. The van der Waals surface area contributed by atoms with Crippen LogP contribution < -0.4 is 9.47 Å². The van der Waals surface area contributed by atoms with E-state index >= 15 is 0 Å². The fourth-order valence-corrected chi connectivity index (χ4v) is 2.07. The topological polar surface area (TPSA) is 65.7 Å². The van der Waals surface area contributed by atoms with Crippen molar-refractivity contribution < 1.29 is 19.3 Å². The normalized spacial score (nSPS) is 10.6.